The Morgan fingerprint density at radius 3 is 2.42 bits per heavy atom. The van der Waals surface area contributed by atoms with Crippen molar-refractivity contribution >= 4 is 40.7 Å². The van der Waals surface area contributed by atoms with E-state index in [1.54, 1.807) is 30.1 Å². The van der Waals surface area contributed by atoms with E-state index in [0.29, 0.717) is 22.3 Å². The summed E-state index contributed by atoms with van der Waals surface area (Å²) in [6, 6.07) is 10.5. The topological polar surface area (TPSA) is 61.4 Å². The van der Waals surface area contributed by atoms with Crippen LogP contribution in [-0.2, 0) is 16.1 Å². The van der Waals surface area contributed by atoms with E-state index in [0.717, 1.165) is 5.56 Å². The van der Waals surface area contributed by atoms with Crippen LogP contribution in [0.5, 0.6) is 0 Å². The number of halogens is 3. The Bertz CT molecular complexity index is 785. The summed E-state index contributed by atoms with van der Waals surface area (Å²) in [4.78, 5) is 25.5. The Balaban J connectivity index is 1.75. The third kappa shape index (κ3) is 6.63. The van der Waals surface area contributed by atoms with Crippen molar-refractivity contribution in [2.75, 3.05) is 25.5 Å². The quantitative estimate of drug-likeness (QED) is 0.753. The molecule has 0 spiro atoms. The van der Waals surface area contributed by atoms with Crippen molar-refractivity contribution in [3.63, 3.8) is 0 Å². The molecule has 5 nitrogen and oxygen atoms in total. The average Bonchev–Trinajstić information content (AvgIpc) is 2.58. The Hall–Kier alpha value is -2.15. The van der Waals surface area contributed by atoms with E-state index in [1.807, 2.05) is 0 Å². The fourth-order valence-electron chi connectivity index (χ4n) is 2.21. The maximum absolute atomic E-state index is 12.8. The number of anilines is 1. The van der Waals surface area contributed by atoms with Gasteiger partial charge in [0.25, 0.3) is 0 Å². The smallest absolute Gasteiger partial charge is 0.243 e. The summed E-state index contributed by atoms with van der Waals surface area (Å²) in [6.07, 6.45) is 0. The molecule has 2 aromatic carbocycles. The second kappa shape index (κ2) is 9.52. The zero-order valence-corrected chi connectivity index (χ0v) is 15.6. The van der Waals surface area contributed by atoms with Gasteiger partial charge >= 0.3 is 0 Å². The minimum atomic E-state index is -0.395. The summed E-state index contributed by atoms with van der Waals surface area (Å²) in [6.45, 7) is 0.389. The predicted octanol–water partition coefficient (Wildman–Crippen LogP) is 3.32. The Morgan fingerprint density at radius 1 is 1.08 bits per heavy atom. The minimum Gasteiger partial charge on any atom is -0.346 e. The number of nitrogens with one attached hydrogen (secondary N) is 2. The molecule has 0 aromatic heterocycles. The number of nitrogens with zero attached hydrogens (tertiary/aromatic N) is 1. The van der Waals surface area contributed by atoms with Crippen molar-refractivity contribution in [1.82, 2.24) is 10.2 Å². The molecule has 0 fully saturated rings. The Morgan fingerprint density at radius 2 is 1.77 bits per heavy atom. The fourth-order valence-corrected chi connectivity index (χ4v) is 2.68. The number of rotatable bonds is 7. The molecule has 0 saturated heterocycles. The first kappa shape index (κ1) is 20.2. The summed E-state index contributed by atoms with van der Waals surface area (Å²) in [5.41, 5.74) is 1.31. The summed E-state index contributed by atoms with van der Waals surface area (Å²) in [5.74, 6) is -1.08. The van der Waals surface area contributed by atoms with Crippen LogP contribution in [0.2, 0.25) is 10.0 Å². The molecule has 2 amide bonds. The van der Waals surface area contributed by atoms with Gasteiger partial charge in [-0.15, -0.1) is 0 Å². The second-order valence-electron chi connectivity index (χ2n) is 5.74. The van der Waals surface area contributed by atoms with Crippen LogP contribution in [0.1, 0.15) is 5.56 Å². The lowest BCUT2D eigenvalue weighted by Crippen LogP contribution is -2.39. The lowest BCUT2D eigenvalue weighted by atomic mass is 10.2. The number of hydrogen-bond acceptors (Lipinski definition) is 3. The van der Waals surface area contributed by atoms with Gasteiger partial charge in [-0.25, -0.2) is 4.39 Å². The maximum Gasteiger partial charge on any atom is 0.243 e. The first-order valence-electron chi connectivity index (χ1n) is 7.78. The van der Waals surface area contributed by atoms with E-state index in [1.165, 1.54) is 24.3 Å². The molecule has 0 atom stereocenters. The van der Waals surface area contributed by atoms with Crippen LogP contribution in [0.15, 0.2) is 42.5 Å². The highest BCUT2D eigenvalue weighted by Gasteiger charge is 2.11. The zero-order valence-electron chi connectivity index (χ0n) is 14.1. The molecule has 138 valence electrons. The van der Waals surface area contributed by atoms with Crippen LogP contribution in [0.3, 0.4) is 0 Å². The van der Waals surface area contributed by atoms with Crippen molar-refractivity contribution in [3.05, 3.63) is 63.9 Å². The van der Waals surface area contributed by atoms with Gasteiger partial charge in [0.1, 0.15) is 5.82 Å². The molecule has 0 aliphatic carbocycles. The molecule has 0 bridgehead atoms. The van der Waals surface area contributed by atoms with Crippen molar-refractivity contribution in [2.45, 2.75) is 6.54 Å². The molecule has 0 unspecified atom stereocenters. The van der Waals surface area contributed by atoms with E-state index >= 15 is 0 Å². The van der Waals surface area contributed by atoms with Gasteiger partial charge in [0.05, 0.1) is 13.1 Å². The predicted molar refractivity (Wildman–Crippen MR) is 101 cm³/mol. The molecule has 0 aliphatic rings. The summed E-state index contributed by atoms with van der Waals surface area (Å²) < 4.78 is 12.8. The normalized spacial score (nSPS) is 10.7. The Labute approximate surface area is 161 Å². The van der Waals surface area contributed by atoms with Crippen LogP contribution >= 0.6 is 23.2 Å². The monoisotopic (exact) mass is 397 g/mol. The summed E-state index contributed by atoms with van der Waals surface area (Å²) in [5, 5.41) is 6.18. The molecule has 0 saturated carbocycles. The number of carbonyl (C=O) groups is 2. The van der Waals surface area contributed by atoms with Gasteiger partial charge < -0.3 is 10.6 Å². The zero-order chi connectivity index (χ0) is 19.1. The number of hydrogen-bond donors (Lipinski definition) is 2. The van der Waals surface area contributed by atoms with Gasteiger partial charge in [-0.2, -0.15) is 0 Å². The lowest BCUT2D eigenvalue weighted by Gasteiger charge is -2.17. The van der Waals surface area contributed by atoms with Crippen molar-refractivity contribution < 1.29 is 14.0 Å². The molecule has 0 radical (unpaired) electrons. The van der Waals surface area contributed by atoms with E-state index < -0.39 is 5.91 Å². The first-order chi connectivity index (χ1) is 12.3. The fraction of sp³-hybridized carbons (Fsp3) is 0.222. The highest BCUT2D eigenvalue weighted by molar-refractivity contribution is 6.35. The van der Waals surface area contributed by atoms with Crippen LogP contribution < -0.4 is 10.6 Å². The molecule has 2 rings (SSSR count). The summed E-state index contributed by atoms with van der Waals surface area (Å²) in [7, 11) is 1.77. The number of benzene rings is 2. The van der Waals surface area contributed by atoms with E-state index in [-0.39, 0.29) is 24.8 Å². The van der Waals surface area contributed by atoms with E-state index in [9.17, 15) is 14.0 Å². The van der Waals surface area contributed by atoms with Crippen LogP contribution in [0.4, 0.5) is 10.1 Å². The van der Waals surface area contributed by atoms with Crippen molar-refractivity contribution in [1.29, 1.82) is 0 Å². The molecule has 0 heterocycles. The highest BCUT2D eigenvalue weighted by Crippen LogP contribution is 2.21. The third-order valence-corrected chi connectivity index (χ3v) is 4.03. The van der Waals surface area contributed by atoms with Gasteiger partial charge in [-0.05, 0) is 49.0 Å². The average molecular weight is 398 g/mol. The number of likely N-dealkylation sites (N-methyl/N-ethyl adjacent to an activating group) is 1. The molecule has 2 aromatic rings. The SMILES string of the molecule is CN(CC(=O)NCC(=O)Nc1ccc(F)cc1)Cc1ccc(Cl)cc1Cl. The number of amides is 2. The molecular weight excluding hydrogens is 380 g/mol. The molecule has 2 N–H and O–H groups in total. The van der Waals surface area contributed by atoms with Gasteiger partial charge in [-0.1, -0.05) is 29.3 Å². The largest absolute Gasteiger partial charge is 0.346 e. The number of carbonyl (C=O) groups excluding carboxylic acids is 2. The lowest BCUT2D eigenvalue weighted by molar-refractivity contribution is -0.124. The van der Waals surface area contributed by atoms with Gasteiger partial charge in [0.2, 0.25) is 11.8 Å². The standard InChI is InChI=1S/C18H18Cl2FN3O2/c1-24(10-12-2-3-13(19)8-16(12)20)11-18(26)22-9-17(25)23-15-6-4-14(21)5-7-15/h2-8H,9-11H2,1H3,(H,22,26)(H,23,25). The van der Waals surface area contributed by atoms with Gasteiger partial charge in [-0.3, -0.25) is 14.5 Å². The molecule has 0 aliphatic heterocycles. The first-order valence-corrected chi connectivity index (χ1v) is 8.53. The second-order valence-corrected chi connectivity index (χ2v) is 6.58. The molecule has 8 heteroatoms. The van der Waals surface area contributed by atoms with E-state index in [4.69, 9.17) is 23.2 Å². The third-order valence-electron chi connectivity index (χ3n) is 3.44. The van der Waals surface area contributed by atoms with E-state index in [2.05, 4.69) is 10.6 Å². The van der Waals surface area contributed by atoms with Gasteiger partial charge in [0.15, 0.2) is 0 Å². The minimum absolute atomic E-state index is 0.1000. The van der Waals surface area contributed by atoms with Crippen molar-refractivity contribution in [3.8, 4) is 0 Å². The molecule has 26 heavy (non-hydrogen) atoms. The van der Waals surface area contributed by atoms with Crippen molar-refractivity contribution in [2.24, 2.45) is 0 Å². The summed E-state index contributed by atoms with van der Waals surface area (Å²) >= 11 is 12.0. The molecular formula is C18H18Cl2FN3O2. The Kier molecular flexibility index (Phi) is 7.38. The van der Waals surface area contributed by atoms with Crippen LogP contribution in [-0.4, -0.2) is 36.9 Å². The van der Waals surface area contributed by atoms with Gasteiger partial charge in [0, 0.05) is 22.3 Å². The van der Waals surface area contributed by atoms with Crippen LogP contribution in [0, 0.1) is 5.82 Å². The van der Waals surface area contributed by atoms with Crippen LogP contribution in [0.25, 0.3) is 0 Å². The maximum atomic E-state index is 12.8. The highest BCUT2D eigenvalue weighted by atomic mass is 35.5.